The summed E-state index contributed by atoms with van der Waals surface area (Å²) in [5.41, 5.74) is 1.04. The molecule has 2 aromatic rings. The van der Waals surface area contributed by atoms with E-state index in [1.807, 2.05) is 18.5 Å². The van der Waals surface area contributed by atoms with Crippen LogP contribution in [-0.2, 0) is 0 Å². The highest BCUT2D eigenvalue weighted by Gasteiger charge is 2.19. The Labute approximate surface area is 93.9 Å². The lowest BCUT2D eigenvalue weighted by Gasteiger charge is -2.32. The van der Waals surface area contributed by atoms with Gasteiger partial charge in [0.25, 0.3) is 0 Å². The van der Waals surface area contributed by atoms with E-state index in [9.17, 15) is 0 Å². The molecular formula is C11H15N5. The molecule has 84 valence electrons. The number of H-pyrrole nitrogens is 1. The number of rotatable bonds is 1. The lowest BCUT2D eigenvalue weighted by molar-refractivity contribution is 0.483. The van der Waals surface area contributed by atoms with Gasteiger partial charge in [-0.25, -0.2) is 4.98 Å². The normalized spacial score (nSPS) is 21.6. The van der Waals surface area contributed by atoms with Crippen molar-refractivity contribution in [1.29, 1.82) is 0 Å². The Morgan fingerprint density at radius 1 is 1.50 bits per heavy atom. The maximum Gasteiger partial charge on any atom is 0.154 e. The number of anilines is 1. The van der Waals surface area contributed by atoms with Crippen LogP contribution in [0.5, 0.6) is 0 Å². The van der Waals surface area contributed by atoms with Gasteiger partial charge in [-0.05, 0) is 13.0 Å². The Balaban J connectivity index is 2.01. The van der Waals surface area contributed by atoms with Gasteiger partial charge in [0.1, 0.15) is 5.52 Å². The molecule has 2 N–H and O–H groups in total. The van der Waals surface area contributed by atoms with Gasteiger partial charge in [-0.3, -0.25) is 5.10 Å². The lowest BCUT2D eigenvalue weighted by atomic mass is 10.2. The molecule has 0 aromatic carbocycles. The number of fused-ring (bicyclic) bond motifs is 1. The Hall–Kier alpha value is -1.62. The van der Waals surface area contributed by atoms with E-state index in [1.165, 1.54) is 0 Å². The summed E-state index contributed by atoms with van der Waals surface area (Å²) in [5.74, 6) is 1.02. The topological polar surface area (TPSA) is 56.8 Å². The van der Waals surface area contributed by atoms with Crippen molar-refractivity contribution in [2.75, 3.05) is 24.5 Å². The number of aromatic nitrogens is 3. The number of pyridine rings is 1. The second-order valence-corrected chi connectivity index (χ2v) is 4.27. The lowest BCUT2D eigenvalue weighted by Crippen LogP contribution is -2.49. The maximum absolute atomic E-state index is 4.46. The van der Waals surface area contributed by atoms with E-state index >= 15 is 0 Å². The minimum absolute atomic E-state index is 0.508. The number of piperazine rings is 1. The Morgan fingerprint density at radius 3 is 3.31 bits per heavy atom. The monoisotopic (exact) mass is 217 g/mol. The number of nitrogens with one attached hydrogen (secondary N) is 2. The Morgan fingerprint density at radius 2 is 2.44 bits per heavy atom. The third-order valence-electron chi connectivity index (χ3n) is 3.01. The fourth-order valence-corrected chi connectivity index (χ4v) is 2.22. The van der Waals surface area contributed by atoms with E-state index < -0.39 is 0 Å². The molecule has 0 bridgehead atoms. The average Bonchev–Trinajstić information content (AvgIpc) is 2.76. The van der Waals surface area contributed by atoms with Gasteiger partial charge < -0.3 is 10.2 Å². The zero-order chi connectivity index (χ0) is 11.0. The molecule has 0 saturated carbocycles. The van der Waals surface area contributed by atoms with Crippen LogP contribution in [0, 0.1) is 0 Å². The highest BCUT2D eigenvalue weighted by molar-refractivity contribution is 5.88. The molecule has 5 nitrogen and oxygen atoms in total. The van der Waals surface area contributed by atoms with E-state index in [4.69, 9.17) is 0 Å². The van der Waals surface area contributed by atoms with Gasteiger partial charge in [-0.2, -0.15) is 5.10 Å². The Kier molecular flexibility index (Phi) is 2.25. The van der Waals surface area contributed by atoms with Crippen LogP contribution in [0.15, 0.2) is 18.5 Å². The second kappa shape index (κ2) is 3.75. The fraction of sp³-hybridized carbons (Fsp3) is 0.455. The Bertz CT molecular complexity index is 492. The van der Waals surface area contributed by atoms with Gasteiger partial charge in [-0.1, -0.05) is 0 Å². The molecule has 1 fully saturated rings. The number of nitrogens with zero attached hydrogens (tertiary/aromatic N) is 3. The van der Waals surface area contributed by atoms with Crippen LogP contribution in [0.4, 0.5) is 5.82 Å². The molecule has 5 heteroatoms. The SMILES string of the molecule is CC1CN(c2nccc3cn[nH]c23)CCN1. The first-order chi connectivity index (χ1) is 7.84. The van der Waals surface area contributed by atoms with Crippen molar-refractivity contribution in [2.45, 2.75) is 13.0 Å². The molecule has 1 atom stereocenters. The van der Waals surface area contributed by atoms with E-state index in [2.05, 4.69) is 32.3 Å². The summed E-state index contributed by atoms with van der Waals surface area (Å²) in [7, 11) is 0. The number of aromatic amines is 1. The van der Waals surface area contributed by atoms with Crippen LogP contribution in [0.1, 0.15) is 6.92 Å². The smallest absolute Gasteiger partial charge is 0.154 e. The summed E-state index contributed by atoms with van der Waals surface area (Å²) < 4.78 is 0. The van der Waals surface area contributed by atoms with Crippen molar-refractivity contribution in [3.05, 3.63) is 18.5 Å². The zero-order valence-corrected chi connectivity index (χ0v) is 9.27. The van der Waals surface area contributed by atoms with E-state index in [1.54, 1.807) is 0 Å². The van der Waals surface area contributed by atoms with Crippen molar-refractivity contribution in [3.63, 3.8) is 0 Å². The molecule has 0 amide bonds. The van der Waals surface area contributed by atoms with Crippen molar-refractivity contribution < 1.29 is 0 Å². The molecule has 1 saturated heterocycles. The molecule has 0 radical (unpaired) electrons. The first-order valence-electron chi connectivity index (χ1n) is 5.61. The van der Waals surface area contributed by atoms with Crippen LogP contribution >= 0.6 is 0 Å². The predicted octanol–water partition coefficient (Wildman–Crippen LogP) is 0.756. The van der Waals surface area contributed by atoms with E-state index in [0.29, 0.717) is 6.04 Å². The van der Waals surface area contributed by atoms with E-state index in [-0.39, 0.29) is 0 Å². The standard InChI is InChI=1S/C11H15N5/c1-8-7-16(5-4-12-8)11-10-9(2-3-13-11)6-14-15-10/h2-3,6,8,12H,4-5,7H2,1H3,(H,14,15). The van der Waals surface area contributed by atoms with Crippen molar-refractivity contribution in [2.24, 2.45) is 0 Å². The van der Waals surface area contributed by atoms with Crippen LogP contribution in [-0.4, -0.2) is 40.9 Å². The van der Waals surface area contributed by atoms with E-state index in [0.717, 1.165) is 36.4 Å². The molecule has 1 aliphatic heterocycles. The second-order valence-electron chi connectivity index (χ2n) is 4.27. The molecule has 1 unspecified atom stereocenters. The first kappa shape index (κ1) is 9.59. The highest BCUT2D eigenvalue weighted by Crippen LogP contribution is 2.22. The van der Waals surface area contributed by atoms with Crippen LogP contribution < -0.4 is 10.2 Å². The molecule has 16 heavy (non-hydrogen) atoms. The molecule has 3 rings (SSSR count). The highest BCUT2D eigenvalue weighted by atomic mass is 15.3. The quantitative estimate of drug-likeness (QED) is 0.740. The maximum atomic E-state index is 4.46. The minimum atomic E-state index is 0.508. The number of hydrogen-bond acceptors (Lipinski definition) is 4. The van der Waals surface area contributed by atoms with Gasteiger partial charge >= 0.3 is 0 Å². The molecular weight excluding hydrogens is 202 g/mol. The predicted molar refractivity (Wildman–Crippen MR) is 63.6 cm³/mol. The van der Waals surface area contributed by atoms with Crippen LogP contribution in [0.25, 0.3) is 10.9 Å². The third-order valence-corrected chi connectivity index (χ3v) is 3.01. The summed E-state index contributed by atoms with van der Waals surface area (Å²) in [5, 5.41) is 11.6. The summed E-state index contributed by atoms with van der Waals surface area (Å²) >= 11 is 0. The average molecular weight is 217 g/mol. The van der Waals surface area contributed by atoms with Crippen LogP contribution in [0.2, 0.25) is 0 Å². The van der Waals surface area contributed by atoms with Gasteiger partial charge in [0.2, 0.25) is 0 Å². The summed E-state index contributed by atoms with van der Waals surface area (Å²) in [4.78, 5) is 6.77. The summed E-state index contributed by atoms with van der Waals surface area (Å²) in [6.07, 6.45) is 3.69. The minimum Gasteiger partial charge on any atom is -0.352 e. The fourth-order valence-electron chi connectivity index (χ4n) is 2.22. The van der Waals surface area contributed by atoms with Crippen molar-refractivity contribution >= 4 is 16.7 Å². The van der Waals surface area contributed by atoms with Crippen molar-refractivity contribution in [1.82, 2.24) is 20.5 Å². The molecule has 0 aliphatic carbocycles. The first-order valence-corrected chi connectivity index (χ1v) is 5.61. The van der Waals surface area contributed by atoms with Gasteiger partial charge in [0.15, 0.2) is 5.82 Å². The third kappa shape index (κ3) is 1.53. The van der Waals surface area contributed by atoms with Crippen LogP contribution in [0.3, 0.4) is 0 Å². The van der Waals surface area contributed by atoms with Gasteiger partial charge in [-0.15, -0.1) is 0 Å². The van der Waals surface area contributed by atoms with Gasteiger partial charge in [0.05, 0.1) is 6.20 Å². The zero-order valence-electron chi connectivity index (χ0n) is 9.27. The summed E-state index contributed by atoms with van der Waals surface area (Å²) in [6, 6.07) is 2.49. The molecule has 0 spiro atoms. The molecule has 1 aliphatic rings. The van der Waals surface area contributed by atoms with Crippen molar-refractivity contribution in [3.8, 4) is 0 Å². The largest absolute Gasteiger partial charge is 0.352 e. The van der Waals surface area contributed by atoms with Gasteiger partial charge in [0, 0.05) is 37.3 Å². The molecule has 2 aromatic heterocycles. The number of hydrogen-bond donors (Lipinski definition) is 2. The molecule has 3 heterocycles. The summed E-state index contributed by atoms with van der Waals surface area (Å²) in [6.45, 7) is 5.19.